The van der Waals surface area contributed by atoms with E-state index < -0.39 is 0 Å². The third kappa shape index (κ3) is 8.25. The van der Waals surface area contributed by atoms with Gasteiger partial charge in [0, 0.05) is 70.1 Å². The van der Waals surface area contributed by atoms with Gasteiger partial charge < -0.3 is 25.1 Å². The van der Waals surface area contributed by atoms with Crippen LogP contribution in [0.15, 0.2) is 78.9 Å². The Morgan fingerprint density at radius 2 is 0.821 bits per heavy atom. The molecule has 8 aliphatic carbocycles. The van der Waals surface area contributed by atoms with Crippen molar-refractivity contribution in [2.45, 2.75) is 169 Å². The molecule has 0 radical (unpaired) electrons. The fourth-order valence-electron chi connectivity index (χ4n) is 17.7. The molecule has 354 valence electrons. The van der Waals surface area contributed by atoms with Gasteiger partial charge in [0.05, 0.1) is 11.4 Å². The summed E-state index contributed by atoms with van der Waals surface area (Å²) in [6.45, 7) is 23.6. The van der Waals surface area contributed by atoms with Crippen LogP contribution in [0.1, 0.15) is 178 Å². The summed E-state index contributed by atoms with van der Waals surface area (Å²) < 4.78 is 0. The molecule has 1 heterocycles. The molecular weight excluding hydrogens is 981 g/mol. The van der Waals surface area contributed by atoms with Gasteiger partial charge in [0.1, 0.15) is 11.5 Å². The van der Waals surface area contributed by atoms with Gasteiger partial charge in [-0.15, -0.1) is 0 Å². The smallest absolute Gasteiger partial charge is 0.127 e. The van der Waals surface area contributed by atoms with Crippen molar-refractivity contribution in [1.29, 1.82) is 0 Å². The van der Waals surface area contributed by atoms with Gasteiger partial charge in [-0.25, -0.2) is 4.98 Å². The van der Waals surface area contributed by atoms with Crippen LogP contribution in [0, 0.1) is 62.2 Å². The van der Waals surface area contributed by atoms with Crippen molar-refractivity contribution >= 4 is 0 Å². The van der Waals surface area contributed by atoms with E-state index in [2.05, 4.69) is 148 Å². The Labute approximate surface area is 424 Å². The Kier molecular flexibility index (Phi) is 12.5. The summed E-state index contributed by atoms with van der Waals surface area (Å²) in [6, 6.07) is 29.2. The molecule has 0 aliphatic heterocycles. The Hall–Kier alpha value is -3.50. The number of rotatable bonds is 8. The normalized spacial score (nSPS) is 32.0. The van der Waals surface area contributed by atoms with Crippen LogP contribution in [-0.2, 0) is 36.7 Å². The molecule has 8 saturated carbocycles. The second kappa shape index (κ2) is 16.8. The predicted octanol–water partition coefficient (Wildman–Crippen LogP) is 17.4. The van der Waals surface area contributed by atoms with E-state index in [0.717, 1.165) is 56.6 Å². The first kappa shape index (κ1) is 49.9. The molecule has 13 rings (SSSR count). The number of nitrogens with zero attached hydrogens (tertiary/aromatic N) is 1. The molecule has 3 nitrogen and oxygen atoms in total. The Bertz CT molecular complexity index is 2520. The first-order valence-corrected chi connectivity index (χ1v) is 25.1. The molecule has 8 bridgehead atoms. The van der Waals surface area contributed by atoms with Crippen molar-refractivity contribution in [1.82, 2.24) is 4.98 Å². The van der Waals surface area contributed by atoms with Gasteiger partial charge in [-0.2, -0.15) is 0 Å². The van der Waals surface area contributed by atoms with Crippen molar-refractivity contribution in [2.24, 2.45) is 33.5 Å². The van der Waals surface area contributed by atoms with Gasteiger partial charge in [-0.1, -0.05) is 97.9 Å². The van der Waals surface area contributed by atoms with Crippen molar-refractivity contribution in [3.63, 3.8) is 0 Å². The molecule has 4 atom stereocenters. The largest absolute Gasteiger partial charge is 0.507 e. The maximum Gasteiger partial charge on any atom is 0.127 e. The first-order chi connectivity index (χ1) is 30.2. The van der Waals surface area contributed by atoms with E-state index in [-0.39, 0.29) is 51.5 Å². The quantitative estimate of drug-likeness (QED) is 0.120. The Balaban J connectivity index is 0.00000203. The number of phenolic OH excluding ortho intramolecular Hbond substituents is 2. The van der Waals surface area contributed by atoms with Crippen LogP contribution < -0.4 is 0 Å². The summed E-state index contributed by atoms with van der Waals surface area (Å²) in [6.07, 6.45) is 15.0. The van der Waals surface area contributed by atoms with E-state index in [1.807, 2.05) is 0 Å². The number of hydrogen-bond acceptors (Lipinski definition) is 3. The third-order valence-electron chi connectivity index (χ3n) is 18.2. The molecular formula is C63H79HfNO2-2. The molecule has 8 fully saturated rings. The molecule has 4 heteroatoms. The molecule has 5 aromatic rings. The first-order valence-electron chi connectivity index (χ1n) is 25.1. The molecule has 8 aliphatic rings. The zero-order chi connectivity index (χ0) is 44.9. The van der Waals surface area contributed by atoms with Crippen LogP contribution in [0.3, 0.4) is 0 Å². The van der Waals surface area contributed by atoms with Crippen LogP contribution in [0.2, 0.25) is 0 Å². The molecule has 2 N–H and O–H groups in total. The summed E-state index contributed by atoms with van der Waals surface area (Å²) in [5.74, 6) is 3.07. The summed E-state index contributed by atoms with van der Waals surface area (Å²) in [5.41, 5.74) is 16.5. The minimum Gasteiger partial charge on any atom is -0.507 e. The topological polar surface area (TPSA) is 53.4 Å². The van der Waals surface area contributed by atoms with Crippen LogP contribution in [0.5, 0.6) is 11.5 Å². The van der Waals surface area contributed by atoms with E-state index >= 15 is 0 Å². The van der Waals surface area contributed by atoms with Crippen molar-refractivity contribution < 1.29 is 36.1 Å². The van der Waals surface area contributed by atoms with Gasteiger partial charge in [0.2, 0.25) is 0 Å². The average molecular weight is 1060 g/mol. The van der Waals surface area contributed by atoms with E-state index in [9.17, 15) is 10.2 Å². The fourth-order valence-corrected chi connectivity index (χ4v) is 17.7. The average Bonchev–Trinajstić information content (AvgIpc) is 3.19. The number of aromatic nitrogens is 1. The van der Waals surface area contributed by atoms with Gasteiger partial charge >= 0.3 is 0 Å². The van der Waals surface area contributed by atoms with Crippen molar-refractivity contribution in [3.8, 4) is 56.3 Å². The number of benzene rings is 4. The number of hydrogen-bond donors (Lipinski definition) is 2. The number of pyridine rings is 1. The van der Waals surface area contributed by atoms with E-state index in [0.29, 0.717) is 45.0 Å². The third-order valence-corrected chi connectivity index (χ3v) is 18.2. The van der Waals surface area contributed by atoms with Crippen LogP contribution in [0.4, 0.5) is 0 Å². The summed E-state index contributed by atoms with van der Waals surface area (Å²) in [7, 11) is 0. The SMILES string of the molecule is Cc1cc(-c2ccc(C(C)C)cc2-c2cccc(-c3cc(C(C)C)ccc3-c3cc(C)cc(C45CC6CC(C)(CC(C)(C6)C4)C5)c3O)n2)c(O)c(C23CC4CC(C)(CC(C)(C4)C2)C3)c1.[CH3-].[CH3-].[Hf]. The standard InChI is InChI=1S/C61H73NO2.2CH3.Hf/c1-36(2)42-14-16-44(48-18-38(5)20-50(54(48)63)60-28-40-24-56(7,32-60)30-57(8,25-40)33-60)46(22-42)52-12-11-13-53(62-52)47-23-43(37(3)4)15-17-45(47)49-19-39(6)21-51(55(49)64)61-29-41-26-58(9,34-61)31-59(10,27-41)35-61;;;/h11-23,36-37,40-41,63-64H,24-35H2,1-10H3;2*1H3;/q;2*-1;. The summed E-state index contributed by atoms with van der Waals surface area (Å²) in [4.78, 5) is 5.62. The number of phenols is 2. The molecule has 1 aromatic heterocycles. The maximum atomic E-state index is 12.7. The van der Waals surface area contributed by atoms with E-state index in [4.69, 9.17) is 4.98 Å². The molecule has 0 amide bonds. The zero-order valence-electron chi connectivity index (χ0n) is 43.1. The van der Waals surface area contributed by atoms with E-state index in [1.165, 1.54) is 110 Å². The van der Waals surface area contributed by atoms with Crippen molar-refractivity contribution in [2.75, 3.05) is 0 Å². The monoisotopic (exact) mass is 1060 g/mol. The zero-order valence-corrected chi connectivity index (χ0v) is 46.7. The van der Waals surface area contributed by atoms with Gasteiger partial charge in [-0.05, 0) is 206 Å². The molecule has 67 heavy (non-hydrogen) atoms. The number of aryl methyl sites for hydroxylation is 2. The van der Waals surface area contributed by atoms with Gasteiger partial charge in [0.25, 0.3) is 0 Å². The summed E-state index contributed by atoms with van der Waals surface area (Å²) >= 11 is 0. The second-order valence-corrected chi connectivity index (χ2v) is 25.6. The Morgan fingerprint density at radius 3 is 1.15 bits per heavy atom. The second-order valence-electron chi connectivity index (χ2n) is 25.6. The van der Waals surface area contributed by atoms with Crippen molar-refractivity contribution in [3.05, 3.63) is 127 Å². The van der Waals surface area contributed by atoms with Crippen LogP contribution in [0.25, 0.3) is 44.8 Å². The van der Waals surface area contributed by atoms with E-state index in [1.54, 1.807) is 0 Å². The molecule has 4 aromatic carbocycles. The maximum absolute atomic E-state index is 12.7. The van der Waals surface area contributed by atoms with Crippen LogP contribution >= 0.6 is 0 Å². The van der Waals surface area contributed by atoms with Crippen LogP contribution in [-0.4, -0.2) is 15.2 Å². The Morgan fingerprint density at radius 1 is 0.463 bits per heavy atom. The fraction of sp³-hybridized carbons (Fsp3) is 0.508. The van der Waals surface area contributed by atoms with Gasteiger partial charge in [-0.3, -0.25) is 0 Å². The minimum atomic E-state index is 0. The molecule has 0 spiro atoms. The summed E-state index contributed by atoms with van der Waals surface area (Å²) in [5, 5.41) is 25.5. The van der Waals surface area contributed by atoms with Gasteiger partial charge in [0.15, 0.2) is 0 Å². The molecule has 4 unspecified atom stereocenters. The number of aromatic hydroxyl groups is 2. The minimum absolute atomic E-state index is 0. The predicted molar refractivity (Wildman–Crippen MR) is 278 cm³/mol. The molecule has 0 saturated heterocycles.